The minimum atomic E-state index is 0.0747. The highest BCUT2D eigenvalue weighted by Gasteiger charge is 2.08. The molecule has 18 heavy (non-hydrogen) atoms. The van der Waals surface area contributed by atoms with Crippen molar-refractivity contribution in [2.45, 2.75) is 0 Å². The number of hydrogen-bond donors (Lipinski definition) is 0. The summed E-state index contributed by atoms with van der Waals surface area (Å²) in [4.78, 5) is 13.7. The Hall–Kier alpha value is -1.59. The second kappa shape index (κ2) is 5.37. The van der Waals surface area contributed by atoms with Crippen molar-refractivity contribution in [2.24, 2.45) is 0 Å². The van der Waals surface area contributed by atoms with Gasteiger partial charge in [-0.25, -0.2) is 0 Å². The fourth-order valence-electron chi connectivity index (χ4n) is 1.20. The van der Waals surface area contributed by atoms with Crippen molar-refractivity contribution in [1.82, 2.24) is 15.0 Å². The molecule has 0 bridgehead atoms. The van der Waals surface area contributed by atoms with Gasteiger partial charge in [0.2, 0.25) is 11.2 Å². The zero-order chi connectivity index (χ0) is 13.1. The Morgan fingerprint density at radius 2 is 1.89 bits per heavy atom. The smallest absolute Gasteiger partial charge is 0.328 e. The van der Waals surface area contributed by atoms with Crippen LogP contribution in [0, 0.1) is 0 Å². The second-order valence-corrected chi connectivity index (χ2v) is 4.42. The van der Waals surface area contributed by atoms with Crippen molar-refractivity contribution in [3.8, 4) is 11.8 Å². The van der Waals surface area contributed by atoms with Crippen LogP contribution in [-0.2, 0) is 0 Å². The predicted molar refractivity (Wildman–Crippen MR) is 70.7 cm³/mol. The average Bonchev–Trinajstić information content (AvgIpc) is 2.28. The molecular weight excluding hydrogens is 275 g/mol. The summed E-state index contributed by atoms with van der Waals surface area (Å²) in [6, 6.07) is 7.06. The number of anilines is 1. The maximum absolute atomic E-state index is 5.86. The van der Waals surface area contributed by atoms with Crippen LogP contribution in [0.1, 0.15) is 0 Å². The summed E-state index contributed by atoms with van der Waals surface area (Å²) in [5.41, 5.74) is 0. The second-order valence-electron chi connectivity index (χ2n) is 3.64. The average molecular weight is 285 g/mol. The lowest BCUT2D eigenvalue weighted by atomic mass is 10.3. The van der Waals surface area contributed by atoms with Crippen LogP contribution in [0.3, 0.4) is 0 Å². The molecule has 0 aliphatic heterocycles. The molecule has 1 aromatic carbocycles. The number of rotatable bonds is 3. The van der Waals surface area contributed by atoms with E-state index < -0.39 is 0 Å². The molecule has 0 saturated heterocycles. The third kappa shape index (κ3) is 3.21. The molecule has 2 aromatic rings. The van der Waals surface area contributed by atoms with E-state index in [1.54, 1.807) is 43.3 Å². The van der Waals surface area contributed by atoms with Crippen molar-refractivity contribution in [3.05, 3.63) is 34.6 Å². The van der Waals surface area contributed by atoms with Gasteiger partial charge in [0.05, 0.1) is 0 Å². The molecule has 94 valence electrons. The van der Waals surface area contributed by atoms with Crippen LogP contribution in [0.5, 0.6) is 11.8 Å². The predicted octanol–water partition coefficient (Wildman–Crippen LogP) is 3.04. The number of halogens is 2. The number of ether oxygens (including phenoxy) is 1. The van der Waals surface area contributed by atoms with Gasteiger partial charge >= 0.3 is 6.01 Å². The summed E-state index contributed by atoms with van der Waals surface area (Å²) in [5, 5.41) is 0.645. The van der Waals surface area contributed by atoms with E-state index in [4.69, 9.17) is 27.9 Å². The van der Waals surface area contributed by atoms with E-state index in [0.29, 0.717) is 16.7 Å². The Morgan fingerprint density at radius 1 is 1.11 bits per heavy atom. The summed E-state index contributed by atoms with van der Waals surface area (Å²) in [6.45, 7) is 0. The first kappa shape index (κ1) is 12.9. The molecule has 0 radical (unpaired) electrons. The van der Waals surface area contributed by atoms with Crippen molar-refractivity contribution in [3.63, 3.8) is 0 Å². The molecule has 0 aliphatic rings. The van der Waals surface area contributed by atoms with Gasteiger partial charge < -0.3 is 9.64 Å². The summed E-state index contributed by atoms with van der Waals surface area (Å²) < 4.78 is 5.47. The molecule has 0 unspecified atom stereocenters. The van der Waals surface area contributed by atoms with Crippen molar-refractivity contribution >= 4 is 29.2 Å². The molecule has 7 heteroatoms. The van der Waals surface area contributed by atoms with Crippen LogP contribution >= 0.6 is 23.2 Å². The van der Waals surface area contributed by atoms with Crippen molar-refractivity contribution in [2.75, 3.05) is 19.0 Å². The number of hydrogen-bond acceptors (Lipinski definition) is 5. The Bertz CT molecular complexity index is 562. The molecule has 2 rings (SSSR count). The number of aromatic nitrogens is 3. The van der Waals surface area contributed by atoms with Gasteiger partial charge in [0.25, 0.3) is 0 Å². The maximum Gasteiger partial charge on any atom is 0.328 e. The van der Waals surface area contributed by atoms with E-state index in [1.807, 2.05) is 0 Å². The highest BCUT2D eigenvalue weighted by atomic mass is 35.5. The van der Waals surface area contributed by atoms with E-state index in [2.05, 4.69) is 15.0 Å². The molecule has 1 heterocycles. The van der Waals surface area contributed by atoms with Gasteiger partial charge in [0, 0.05) is 19.1 Å². The molecule has 0 saturated carbocycles. The van der Waals surface area contributed by atoms with E-state index in [9.17, 15) is 0 Å². The third-order valence-electron chi connectivity index (χ3n) is 1.98. The molecular formula is C11H10Cl2N4O. The van der Waals surface area contributed by atoms with Crippen molar-refractivity contribution in [1.29, 1.82) is 0 Å². The van der Waals surface area contributed by atoms with E-state index >= 15 is 0 Å². The van der Waals surface area contributed by atoms with Crippen LogP contribution in [0.4, 0.5) is 5.95 Å². The first-order valence-corrected chi connectivity index (χ1v) is 5.82. The van der Waals surface area contributed by atoms with Gasteiger partial charge in [-0.15, -0.1) is 0 Å². The molecule has 0 amide bonds. The lowest BCUT2D eigenvalue weighted by Gasteiger charge is -2.11. The van der Waals surface area contributed by atoms with Crippen LogP contribution in [0.25, 0.3) is 0 Å². The zero-order valence-electron chi connectivity index (χ0n) is 9.76. The van der Waals surface area contributed by atoms with Gasteiger partial charge in [-0.1, -0.05) is 17.7 Å². The Morgan fingerprint density at radius 3 is 2.56 bits per heavy atom. The minimum Gasteiger partial charge on any atom is -0.424 e. The minimum absolute atomic E-state index is 0.0747. The van der Waals surface area contributed by atoms with E-state index in [1.165, 1.54) is 0 Å². The van der Waals surface area contributed by atoms with Gasteiger partial charge in [0.15, 0.2) is 0 Å². The van der Waals surface area contributed by atoms with Gasteiger partial charge in [-0.2, -0.15) is 15.0 Å². The first-order valence-electron chi connectivity index (χ1n) is 5.07. The van der Waals surface area contributed by atoms with E-state index in [-0.39, 0.29) is 11.3 Å². The normalized spacial score (nSPS) is 10.2. The third-order valence-corrected chi connectivity index (χ3v) is 2.39. The van der Waals surface area contributed by atoms with Crippen molar-refractivity contribution < 1.29 is 4.74 Å². The van der Waals surface area contributed by atoms with Crippen LogP contribution < -0.4 is 9.64 Å². The fraction of sp³-hybridized carbons (Fsp3) is 0.182. The molecule has 0 fully saturated rings. The zero-order valence-corrected chi connectivity index (χ0v) is 11.3. The van der Waals surface area contributed by atoms with Gasteiger partial charge in [-0.3, -0.25) is 0 Å². The topological polar surface area (TPSA) is 51.1 Å². The first-order chi connectivity index (χ1) is 8.54. The molecule has 0 spiro atoms. The molecule has 0 aliphatic carbocycles. The molecule has 0 atom stereocenters. The number of benzene rings is 1. The highest BCUT2D eigenvalue weighted by Crippen LogP contribution is 2.23. The highest BCUT2D eigenvalue weighted by molar-refractivity contribution is 6.30. The molecule has 5 nitrogen and oxygen atoms in total. The van der Waals surface area contributed by atoms with E-state index in [0.717, 1.165) is 0 Å². The molecule has 0 N–H and O–H groups in total. The fourth-order valence-corrected chi connectivity index (χ4v) is 1.53. The maximum atomic E-state index is 5.86. The molecule has 1 aromatic heterocycles. The Labute approximate surface area is 114 Å². The lowest BCUT2D eigenvalue weighted by molar-refractivity contribution is 0.439. The summed E-state index contributed by atoms with van der Waals surface area (Å²) in [6.07, 6.45) is 0. The largest absolute Gasteiger partial charge is 0.424 e. The van der Waals surface area contributed by atoms with Crippen LogP contribution in [-0.4, -0.2) is 29.0 Å². The quantitative estimate of drug-likeness (QED) is 0.867. The Balaban J connectivity index is 2.29. The summed E-state index contributed by atoms with van der Waals surface area (Å²) in [5.74, 6) is 0.960. The monoisotopic (exact) mass is 284 g/mol. The lowest BCUT2D eigenvalue weighted by Crippen LogP contribution is -2.13. The standard InChI is InChI=1S/C11H10Cl2N4O/c1-17(2)10-14-9(13)15-11(16-10)18-8-5-3-4-7(12)6-8/h3-6H,1-2H3. The van der Waals surface area contributed by atoms with Gasteiger partial charge in [-0.05, 0) is 29.8 Å². The summed E-state index contributed by atoms with van der Waals surface area (Å²) >= 11 is 11.7. The van der Waals surface area contributed by atoms with Crippen LogP contribution in [0.15, 0.2) is 24.3 Å². The SMILES string of the molecule is CN(C)c1nc(Cl)nc(Oc2cccc(Cl)c2)n1. The Kier molecular flexibility index (Phi) is 3.84. The van der Waals surface area contributed by atoms with Gasteiger partial charge in [0.1, 0.15) is 5.75 Å². The summed E-state index contributed by atoms with van der Waals surface area (Å²) in [7, 11) is 3.60. The van der Waals surface area contributed by atoms with Crippen LogP contribution in [0.2, 0.25) is 10.3 Å². The number of nitrogens with zero attached hydrogens (tertiary/aromatic N) is 4.